The maximum absolute atomic E-state index is 9.88. The molecule has 2 aliphatic rings. The smallest absolute Gasteiger partial charge is 0.0693 e. The normalized spacial score (nSPS) is 27.5. The van der Waals surface area contributed by atoms with Crippen LogP contribution in [-0.4, -0.2) is 35.3 Å². The maximum atomic E-state index is 9.88. The van der Waals surface area contributed by atoms with Gasteiger partial charge in [0, 0.05) is 12.6 Å². The van der Waals surface area contributed by atoms with Gasteiger partial charge in [-0.3, -0.25) is 0 Å². The fourth-order valence-electron chi connectivity index (χ4n) is 1.84. The van der Waals surface area contributed by atoms with Gasteiger partial charge in [0.2, 0.25) is 0 Å². The first-order valence-corrected chi connectivity index (χ1v) is 6.51. The van der Waals surface area contributed by atoms with E-state index in [1.165, 1.54) is 37.2 Å². The van der Waals surface area contributed by atoms with Crippen molar-refractivity contribution in [2.45, 2.75) is 37.8 Å². The minimum Gasteiger partial charge on any atom is -0.392 e. The highest BCUT2D eigenvalue weighted by atomic mass is 32.2. The average molecular weight is 201 g/mol. The predicted octanol–water partition coefficient (Wildman–Crippen LogP) is 1.24. The van der Waals surface area contributed by atoms with Gasteiger partial charge in [0.05, 0.1) is 6.10 Å². The fraction of sp³-hybridized carbons (Fsp3) is 1.00. The standard InChI is InChI=1S/C10H19NOS/c12-10(7-11-9-1-2-9)8-3-5-13-6-4-8/h8-12H,1-7H2. The number of aliphatic hydroxyl groups is 1. The van der Waals surface area contributed by atoms with E-state index in [4.69, 9.17) is 0 Å². The van der Waals surface area contributed by atoms with Crippen LogP contribution in [0.5, 0.6) is 0 Å². The molecule has 1 saturated heterocycles. The molecule has 1 aliphatic carbocycles. The monoisotopic (exact) mass is 201 g/mol. The van der Waals surface area contributed by atoms with Gasteiger partial charge < -0.3 is 10.4 Å². The highest BCUT2D eigenvalue weighted by Crippen LogP contribution is 2.26. The number of hydrogen-bond donors (Lipinski definition) is 2. The molecule has 1 aliphatic heterocycles. The van der Waals surface area contributed by atoms with Gasteiger partial charge >= 0.3 is 0 Å². The highest BCUT2D eigenvalue weighted by Gasteiger charge is 2.25. The van der Waals surface area contributed by atoms with Gasteiger partial charge in [0.1, 0.15) is 0 Å². The molecule has 0 bridgehead atoms. The van der Waals surface area contributed by atoms with Crippen LogP contribution in [-0.2, 0) is 0 Å². The fourth-order valence-corrected chi connectivity index (χ4v) is 2.99. The Labute approximate surface area is 84.5 Å². The third-order valence-corrected chi connectivity index (χ3v) is 4.05. The number of rotatable bonds is 4. The molecule has 1 saturated carbocycles. The van der Waals surface area contributed by atoms with Gasteiger partial charge in [-0.25, -0.2) is 0 Å². The zero-order valence-corrected chi connectivity index (χ0v) is 8.85. The highest BCUT2D eigenvalue weighted by molar-refractivity contribution is 7.99. The van der Waals surface area contributed by atoms with E-state index in [1.807, 2.05) is 11.8 Å². The van der Waals surface area contributed by atoms with Gasteiger partial charge in [0.25, 0.3) is 0 Å². The molecule has 0 aromatic heterocycles. The van der Waals surface area contributed by atoms with Crippen molar-refractivity contribution >= 4 is 11.8 Å². The lowest BCUT2D eigenvalue weighted by Crippen LogP contribution is -2.35. The van der Waals surface area contributed by atoms with Crippen LogP contribution in [0, 0.1) is 5.92 Å². The molecule has 2 nitrogen and oxygen atoms in total. The topological polar surface area (TPSA) is 32.3 Å². The van der Waals surface area contributed by atoms with Crippen molar-refractivity contribution < 1.29 is 5.11 Å². The maximum Gasteiger partial charge on any atom is 0.0693 e. The zero-order valence-electron chi connectivity index (χ0n) is 8.04. The molecular formula is C10H19NOS. The molecule has 1 atom stereocenters. The van der Waals surface area contributed by atoms with Crippen LogP contribution in [0.3, 0.4) is 0 Å². The van der Waals surface area contributed by atoms with Crippen molar-refractivity contribution in [1.29, 1.82) is 0 Å². The van der Waals surface area contributed by atoms with Crippen LogP contribution in [0.25, 0.3) is 0 Å². The molecule has 3 heteroatoms. The Bertz CT molecular complexity index is 155. The summed E-state index contributed by atoms with van der Waals surface area (Å²) in [6.07, 6.45) is 4.94. The van der Waals surface area contributed by atoms with E-state index in [0.717, 1.165) is 12.6 Å². The number of hydrogen-bond acceptors (Lipinski definition) is 3. The van der Waals surface area contributed by atoms with Crippen molar-refractivity contribution in [3.8, 4) is 0 Å². The van der Waals surface area contributed by atoms with Crippen LogP contribution in [0.1, 0.15) is 25.7 Å². The lowest BCUT2D eigenvalue weighted by Gasteiger charge is -2.26. The third-order valence-electron chi connectivity index (χ3n) is 3.00. The number of thioether (sulfide) groups is 1. The zero-order chi connectivity index (χ0) is 9.10. The van der Waals surface area contributed by atoms with E-state index >= 15 is 0 Å². The Morgan fingerprint density at radius 2 is 1.92 bits per heavy atom. The molecule has 0 radical (unpaired) electrons. The summed E-state index contributed by atoms with van der Waals surface area (Å²) in [5.74, 6) is 3.04. The van der Waals surface area contributed by atoms with Crippen LogP contribution in [0.4, 0.5) is 0 Å². The van der Waals surface area contributed by atoms with Crippen LogP contribution < -0.4 is 5.32 Å². The molecule has 0 amide bonds. The molecule has 2 N–H and O–H groups in total. The van der Waals surface area contributed by atoms with E-state index in [-0.39, 0.29) is 6.10 Å². The Kier molecular flexibility index (Phi) is 3.52. The summed E-state index contributed by atoms with van der Waals surface area (Å²) in [7, 11) is 0. The van der Waals surface area contributed by atoms with E-state index in [9.17, 15) is 5.11 Å². The second-order valence-electron chi connectivity index (χ2n) is 4.20. The minimum absolute atomic E-state index is 0.0958. The van der Waals surface area contributed by atoms with E-state index < -0.39 is 0 Å². The van der Waals surface area contributed by atoms with Crippen molar-refractivity contribution in [3.63, 3.8) is 0 Å². The molecule has 2 rings (SSSR count). The first-order chi connectivity index (χ1) is 6.36. The van der Waals surface area contributed by atoms with Gasteiger partial charge in [-0.15, -0.1) is 0 Å². The summed E-state index contributed by atoms with van der Waals surface area (Å²) in [5, 5.41) is 13.3. The Morgan fingerprint density at radius 3 is 2.54 bits per heavy atom. The molecule has 0 spiro atoms. The predicted molar refractivity (Wildman–Crippen MR) is 57.1 cm³/mol. The Balaban J connectivity index is 1.64. The molecular weight excluding hydrogens is 182 g/mol. The van der Waals surface area contributed by atoms with Crippen LogP contribution >= 0.6 is 11.8 Å². The summed E-state index contributed by atoms with van der Waals surface area (Å²) in [6.45, 7) is 0.819. The second kappa shape index (κ2) is 4.67. The lowest BCUT2D eigenvalue weighted by atomic mass is 9.96. The third kappa shape index (κ3) is 3.15. The molecule has 76 valence electrons. The van der Waals surface area contributed by atoms with Crippen molar-refractivity contribution in [2.24, 2.45) is 5.92 Å². The number of aliphatic hydroxyl groups excluding tert-OH is 1. The lowest BCUT2D eigenvalue weighted by molar-refractivity contribution is 0.101. The quantitative estimate of drug-likeness (QED) is 0.718. The van der Waals surface area contributed by atoms with Gasteiger partial charge in [0.15, 0.2) is 0 Å². The summed E-state index contributed by atoms with van der Waals surface area (Å²) >= 11 is 2.02. The second-order valence-corrected chi connectivity index (χ2v) is 5.42. The van der Waals surface area contributed by atoms with Gasteiger partial charge in [-0.2, -0.15) is 11.8 Å². The molecule has 2 fully saturated rings. The summed E-state index contributed by atoms with van der Waals surface area (Å²) in [5.41, 5.74) is 0. The SMILES string of the molecule is OC(CNC1CC1)C1CCSCC1. The van der Waals surface area contributed by atoms with Crippen molar-refractivity contribution in [1.82, 2.24) is 5.32 Å². The Hall–Kier alpha value is 0.270. The van der Waals surface area contributed by atoms with E-state index in [1.54, 1.807) is 0 Å². The van der Waals surface area contributed by atoms with E-state index in [2.05, 4.69) is 5.32 Å². The summed E-state index contributed by atoms with van der Waals surface area (Å²) in [6, 6.07) is 0.729. The Morgan fingerprint density at radius 1 is 1.23 bits per heavy atom. The van der Waals surface area contributed by atoms with Crippen molar-refractivity contribution in [3.05, 3.63) is 0 Å². The summed E-state index contributed by atoms with van der Waals surface area (Å²) in [4.78, 5) is 0. The number of nitrogens with one attached hydrogen (secondary N) is 1. The van der Waals surface area contributed by atoms with E-state index in [0.29, 0.717) is 5.92 Å². The minimum atomic E-state index is -0.0958. The van der Waals surface area contributed by atoms with Crippen LogP contribution in [0.15, 0.2) is 0 Å². The molecule has 1 heterocycles. The van der Waals surface area contributed by atoms with Gasteiger partial charge in [-0.05, 0) is 43.1 Å². The first-order valence-electron chi connectivity index (χ1n) is 5.35. The largest absolute Gasteiger partial charge is 0.392 e. The average Bonchev–Trinajstić information content (AvgIpc) is 2.99. The van der Waals surface area contributed by atoms with Gasteiger partial charge in [-0.1, -0.05) is 0 Å². The molecule has 0 aromatic rings. The molecule has 13 heavy (non-hydrogen) atoms. The summed E-state index contributed by atoms with van der Waals surface area (Å²) < 4.78 is 0. The van der Waals surface area contributed by atoms with Crippen LogP contribution in [0.2, 0.25) is 0 Å². The molecule has 0 aromatic carbocycles. The molecule has 1 unspecified atom stereocenters. The first kappa shape index (κ1) is 9.81. The van der Waals surface area contributed by atoms with Crippen molar-refractivity contribution in [2.75, 3.05) is 18.1 Å².